The molecule has 0 unspecified atom stereocenters. The minimum atomic E-state index is 0.668. The molecule has 0 saturated heterocycles. The number of thiophene rings is 1. The van der Waals surface area contributed by atoms with Crippen LogP contribution in [0, 0.1) is 0 Å². The van der Waals surface area contributed by atoms with Crippen LogP contribution in [0.5, 0.6) is 0 Å². The molecule has 4 heteroatoms. The molecule has 0 fully saturated rings. The molecule has 0 saturated carbocycles. The van der Waals surface area contributed by atoms with Gasteiger partial charge in [-0.3, -0.25) is 0 Å². The Labute approximate surface area is 235 Å². The fraction of sp³-hybridized carbons (Fsp3) is 0. The van der Waals surface area contributed by atoms with Crippen molar-refractivity contribution in [3.63, 3.8) is 0 Å². The van der Waals surface area contributed by atoms with Gasteiger partial charge in [0, 0.05) is 36.7 Å². The van der Waals surface area contributed by atoms with Crippen molar-refractivity contribution in [1.82, 2.24) is 9.97 Å². The third-order valence-corrected chi connectivity index (χ3v) is 8.46. The van der Waals surface area contributed by atoms with E-state index in [-0.39, 0.29) is 0 Å². The Balaban J connectivity index is 1.33. The van der Waals surface area contributed by atoms with Crippen LogP contribution in [0.4, 0.5) is 0 Å². The summed E-state index contributed by atoms with van der Waals surface area (Å²) >= 11 is 1.82. The maximum absolute atomic E-state index is 6.26. The highest BCUT2D eigenvalue weighted by Gasteiger charge is 2.15. The molecular weight excluding hydrogens is 508 g/mol. The number of hydrogen-bond donors (Lipinski definition) is 0. The molecule has 5 aromatic carbocycles. The molecular formula is C36H22N2OS. The first-order valence-corrected chi connectivity index (χ1v) is 14.1. The summed E-state index contributed by atoms with van der Waals surface area (Å²) in [6.45, 7) is 0. The van der Waals surface area contributed by atoms with E-state index in [4.69, 9.17) is 14.4 Å². The quantitative estimate of drug-likeness (QED) is 0.227. The standard InChI is InChI=1S/C36H22N2OS/c1-2-9-23(10-3-1)24-12-8-13-27(19-24)36-37-30(22-31(38-36)33-21-26-11-4-6-15-32(26)39-33)25-17-18-35-29(20-25)28-14-5-7-16-34(28)40-35/h1-22H. The summed E-state index contributed by atoms with van der Waals surface area (Å²) in [5.41, 5.74) is 6.77. The summed E-state index contributed by atoms with van der Waals surface area (Å²) in [4.78, 5) is 10.1. The number of benzene rings is 5. The van der Waals surface area contributed by atoms with E-state index in [0.717, 1.165) is 50.4 Å². The molecule has 40 heavy (non-hydrogen) atoms. The van der Waals surface area contributed by atoms with Gasteiger partial charge in [-0.2, -0.15) is 0 Å². The number of hydrogen-bond acceptors (Lipinski definition) is 4. The molecule has 0 aliphatic carbocycles. The Morgan fingerprint density at radius 3 is 2.15 bits per heavy atom. The second kappa shape index (κ2) is 9.30. The molecule has 0 atom stereocenters. The molecule has 0 amide bonds. The van der Waals surface area contributed by atoms with E-state index >= 15 is 0 Å². The number of fused-ring (bicyclic) bond motifs is 4. The van der Waals surface area contributed by atoms with Crippen molar-refractivity contribution in [2.24, 2.45) is 0 Å². The number of aromatic nitrogens is 2. The van der Waals surface area contributed by atoms with Gasteiger partial charge in [0.15, 0.2) is 11.6 Å². The average Bonchev–Trinajstić information content (AvgIpc) is 3.63. The van der Waals surface area contributed by atoms with Crippen LogP contribution in [0.2, 0.25) is 0 Å². The zero-order valence-corrected chi connectivity index (χ0v) is 22.2. The lowest BCUT2D eigenvalue weighted by Crippen LogP contribution is -1.95. The Morgan fingerprint density at radius 1 is 0.475 bits per heavy atom. The molecule has 0 aliphatic heterocycles. The van der Waals surface area contributed by atoms with Gasteiger partial charge >= 0.3 is 0 Å². The van der Waals surface area contributed by atoms with E-state index < -0.39 is 0 Å². The lowest BCUT2D eigenvalue weighted by atomic mass is 10.0. The van der Waals surface area contributed by atoms with E-state index in [0.29, 0.717) is 5.82 Å². The summed E-state index contributed by atoms with van der Waals surface area (Å²) < 4.78 is 8.82. The van der Waals surface area contributed by atoms with Crippen LogP contribution in [0.15, 0.2) is 138 Å². The summed E-state index contributed by atoms with van der Waals surface area (Å²) in [6, 6.07) is 46.2. The first-order chi connectivity index (χ1) is 19.8. The monoisotopic (exact) mass is 530 g/mol. The topological polar surface area (TPSA) is 38.9 Å². The van der Waals surface area contributed by atoms with Gasteiger partial charge in [-0.25, -0.2) is 9.97 Å². The van der Waals surface area contributed by atoms with Gasteiger partial charge in [0.1, 0.15) is 11.3 Å². The van der Waals surface area contributed by atoms with Crippen molar-refractivity contribution < 1.29 is 4.42 Å². The minimum absolute atomic E-state index is 0.668. The van der Waals surface area contributed by atoms with Gasteiger partial charge in [-0.15, -0.1) is 11.3 Å². The van der Waals surface area contributed by atoms with Gasteiger partial charge in [0.05, 0.1) is 5.69 Å². The molecule has 8 rings (SSSR count). The number of nitrogens with zero attached hydrogens (tertiary/aromatic N) is 2. The smallest absolute Gasteiger partial charge is 0.160 e. The van der Waals surface area contributed by atoms with Crippen molar-refractivity contribution >= 4 is 42.5 Å². The first kappa shape index (κ1) is 22.9. The molecule has 3 nitrogen and oxygen atoms in total. The highest BCUT2D eigenvalue weighted by Crippen LogP contribution is 2.37. The molecule has 0 aliphatic rings. The maximum Gasteiger partial charge on any atom is 0.160 e. The second-order valence-electron chi connectivity index (χ2n) is 9.87. The van der Waals surface area contributed by atoms with Crippen molar-refractivity contribution in [1.29, 1.82) is 0 Å². The lowest BCUT2D eigenvalue weighted by Gasteiger charge is -2.10. The average molecular weight is 531 g/mol. The number of rotatable bonds is 4. The van der Waals surface area contributed by atoms with Crippen molar-refractivity contribution in [3.8, 4) is 45.2 Å². The lowest BCUT2D eigenvalue weighted by molar-refractivity contribution is 0.628. The Kier molecular flexibility index (Phi) is 5.32. The zero-order chi connectivity index (χ0) is 26.5. The van der Waals surface area contributed by atoms with Gasteiger partial charge in [0.25, 0.3) is 0 Å². The molecule has 0 spiro atoms. The number of furan rings is 1. The van der Waals surface area contributed by atoms with Crippen molar-refractivity contribution in [2.75, 3.05) is 0 Å². The predicted molar refractivity (Wildman–Crippen MR) is 166 cm³/mol. The van der Waals surface area contributed by atoms with E-state index in [1.165, 1.54) is 20.2 Å². The largest absolute Gasteiger partial charge is 0.454 e. The highest BCUT2D eigenvalue weighted by molar-refractivity contribution is 7.25. The maximum atomic E-state index is 6.26. The fourth-order valence-electron chi connectivity index (χ4n) is 5.31. The number of para-hydroxylation sites is 1. The Morgan fingerprint density at radius 2 is 1.23 bits per heavy atom. The fourth-order valence-corrected chi connectivity index (χ4v) is 6.40. The third kappa shape index (κ3) is 3.98. The SMILES string of the molecule is c1ccc(-c2cccc(-c3nc(-c4ccc5sc6ccccc6c5c4)cc(-c4cc5ccccc5o4)n3)c2)cc1. The Bertz CT molecular complexity index is 2140. The van der Waals surface area contributed by atoms with Gasteiger partial charge in [-0.05, 0) is 53.6 Å². The van der Waals surface area contributed by atoms with Crippen LogP contribution >= 0.6 is 11.3 Å². The minimum Gasteiger partial charge on any atom is -0.454 e. The summed E-state index contributed by atoms with van der Waals surface area (Å²) in [5, 5.41) is 3.57. The molecule has 0 radical (unpaired) electrons. The summed E-state index contributed by atoms with van der Waals surface area (Å²) in [7, 11) is 0. The predicted octanol–water partition coefficient (Wildman–Crippen LogP) is 10.3. The van der Waals surface area contributed by atoms with Crippen molar-refractivity contribution in [3.05, 3.63) is 133 Å². The van der Waals surface area contributed by atoms with E-state index in [1.807, 2.05) is 41.7 Å². The molecule has 8 aromatic rings. The van der Waals surface area contributed by atoms with Crippen LogP contribution in [0.25, 0.3) is 76.4 Å². The first-order valence-electron chi connectivity index (χ1n) is 13.2. The van der Waals surface area contributed by atoms with Crippen LogP contribution in [-0.2, 0) is 0 Å². The summed E-state index contributed by atoms with van der Waals surface area (Å²) in [5.74, 6) is 1.40. The molecule has 3 heterocycles. The molecule has 188 valence electrons. The van der Waals surface area contributed by atoms with Crippen LogP contribution in [-0.4, -0.2) is 9.97 Å². The Hall–Kier alpha value is -5.06. The van der Waals surface area contributed by atoms with E-state index in [1.54, 1.807) is 0 Å². The van der Waals surface area contributed by atoms with E-state index in [2.05, 4.69) is 103 Å². The van der Waals surface area contributed by atoms with Crippen LogP contribution in [0.3, 0.4) is 0 Å². The molecule has 0 bridgehead atoms. The third-order valence-electron chi connectivity index (χ3n) is 7.30. The molecule has 0 N–H and O–H groups in total. The second-order valence-corrected chi connectivity index (χ2v) is 11.0. The highest BCUT2D eigenvalue weighted by atomic mass is 32.1. The van der Waals surface area contributed by atoms with Gasteiger partial charge in [-0.1, -0.05) is 91.0 Å². The van der Waals surface area contributed by atoms with Crippen LogP contribution in [0.1, 0.15) is 0 Å². The normalized spacial score (nSPS) is 11.5. The summed E-state index contributed by atoms with van der Waals surface area (Å²) in [6.07, 6.45) is 0. The van der Waals surface area contributed by atoms with E-state index in [9.17, 15) is 0 Å². The van der Waals surface area contributed by atoms with Gasteiger partial charge in [0.2, 0.25) is 0 Å². The van der Waals surface area contributed by atoms with Crippen molar-refractivity contribution in [2.45, 2.75) is 0 Å². The zero-order valence-electron chi connectivity index (χ0n) is 21.4. The van der Waals surface area contributed by atoms with Crippen LogP contribution < -0.4 is 0 Å². The van der Waals surface area contributed by atoms with Gasteiger partial charge < -0.3 is 4.42 Å². The molecule has 3 aromatic heterocycles.